The fraction of sp³-hybridized carbons (Fsp3) is 0.316. The van der Waals surface area contributed by atoms with Gasteiger partial charge in [-0.05, 0) is 30.0 Å². The Bertz CT molecular complexity index is 770. The number of hydrogen-bond donors (Lipinski definition) is 1. The summed E-state index contributed by atoms with van der Waals surface area (Å²) >= 11 is 0. The molecule has 0 bridgehead atoms. The fourth-order valence-corrected chi connectivity index (χ4v) is 3.41. The lowest BCUT2D eigenvalue weighted by molar-refractivity contribution is -0.118. The first-order valence-corrected chi connectivity index (χ1v) is 7.63. The van der Waals surface area contributed by atoms with Crippen LogP contribution in [0.15, 0.2) is 42.5 Å². The van der Waals surface area contributed by atoms with Crippen molar-refractivity contribution in [3.8, 4) is 0 Å². The monoisotopic (exact) mass is 315 g/mol. The number of anilines is 1. The Balaban J connectivity index is 1.78. The molecule has 2 atom stereocenters. The third-order valence-corrected chi connectivity index (χ3v) is 4.70. The van der Waals surface area contributed by atoms with Crippen LogP contribution in [0.1, 0.15) is 30.9 Å². The van der Waals surface area contributed by atoms with E-state index in [0.717, 1.165) is 23.3 Å². The summed E-state index contributed by atoms with van der Waals surface area (Å²) in [7, 11) is 0. The molecule has 1 N–H and O–H groups in total. The molecule has 0 spiro atoms. The molecule has 1 aliphatic carbocycles. The van der Waals surface area contributed by atoms with Crippen LogP contribution in [0.2, 0.25) is 0 Å². The molecule has 4 heteroatoms. The van der Waals surface area contributed by atoms with Gasteiger partial charge < -0.3 is 5.32 Å². The van der Waals surface area contributed by atoms with Gasteiger partial charge >= 0.3 is 0 Å². The lowest BCUT2D eigenvalue weighted by Crippen LogP contribution is -2.17. The molecule has 0 heterocycles. The van der Waals surface area contributed by atoms with Gasteiger partial charge in [-0.25, -0.2) is 8.78 Å². The summed E-state index contributed by atoms with van der Waals surface area (Å²) in [6, 6.07) is 11.5. The zero-order valence-corrected chi connectivity index (χ0v) is 13.4. The average molecular weight is 315 g/mol. The lowest BCUT2D eigenvalue weighted by Gasteiger charge is -2.06. The highest BCUT2D eigenvalue weighted by molar-refractivity contribution is 5.96. The van der Waals surface area contributed by atoms with Crippen LogP contribution in [-0.2, 0) is 4.79 Å². The first-order valence-electron chi connectivity index (χ1n) is 7.63. The Kier molecular flexibility index (Phi) is 3.71. The van der Waals surface area contributed by atoms with Crippen LogP contribution in [0.3, 0.4) is 0 Å². The van der Waals surface area contributed by atoms with Crippen molar-refractivity contribution in [2.45, 2.75) is 26.7 Å². The molecule has 120 valence electrons. The molecule has 0 aromatic heterocycles. The second-order valence-electron chi connectivity index (χ2n) is 6.81. The smallest absolute Gasteiger partial charge is 0.228 e. The van der Waals surface area contributed by atoms with Crippen LogP contribution in [0.4, 0.5) is 14.5 Å². The zero-order valence-electron chi connectivity index (χ0n) is 13.4. The Morgan fingerprint density at radius 1 is 1.09 bits per heavy atom. The summed E-state index contributed by atoms with van der Waals surface area (Å²) in [5.74, 6) is -2.10. The van der Waals surface area contributed by atoms with E-state index in [9.17, 15) is 13.6 Å². The zero-order chi connectivity index (χ0) is 16.8. The third-order valence-electron chi connectivity index (χ3n) is 4.70. The van der Waals surface area contributed by atoms with E-state index in [-0.39, 0.29) is 28.8 Å². The number of rotatable bonds is 3. The first kappa shape index (κ1) is 15.7. The Morgan fingerprint density at radius 3 is 2.48 bits per heavy atom. The predicted molar refractivity (Wildman–Crippen MR) is 86.2 cm³/mol. The number of aryl methyl sites for hydroxylation is 1. The second kappa shape index (κ2) is 5.44. The lowest BCUT2D eigenvalue weighted by atomic mass is 10.0. The highest BCUT2D eigenvalue weighted by atomic mass is 19.2. The van der Waals surface area contributed by atoms with Crippen molar-refractivity contribution >= 4 is 11.6 Å². The Hall–Kier alpha value is -2.23. The number of carbonyl (C=O) groups excluding carboxylic acids is 1. The van der Waals surface area contributed by atoms with Crippen molar-refractivity contribution in [2.24, 2.45) is 11.3 Å². The van der Waals surface area contributed by atoms with Gasteiger partial charge in [0.2, 0.25) is 5.91 Å². The van der Waals surface area contributed by atoms with Gasteiger partial charge in [-0.15, -0.1) is 0 Å². The van der Waals surface area contributed by atoms with Gasteiger partial charge in [0, 0.05) is 17.7 Å². The van der Waals surface area contributed by atoms with E-state index < -0.39 is 11.6 Å². The molecule has 1 aliphatic rings. The topological polar surface area (TPSA) is 29.1 Å². The van der Waals surface area contributed by atoms with E-state index in [0.29, 0.717) is 0 Å². The van der Waals surface area contributed by atoms with Gasteiger partial charge in [0.1, 0.15) is 0 Å². The van der Waals surface area contributed by atoms with Gasteiger partial charge in [-0.2, -0.15) is 0 Å². The van der Waals surface area contributed by atoms with E-state index >= 15 is 0 Å². The highest BCUT2D eigenvalue weighted by Crippen LogP contribution is 2.64. The van der Waals surface area contributed by atoms with Crippen LogP contribution in [0.25, 0.3) is 0 Å². The molecule has 0 unspecified atom stereocenters. The molecule has 2 aromatic rings. The molecular formula is C19H19F2NO. The van der Waals surface area contributed by atoms with Crippen molar-refractivity contribution in [2.75, 3.05) is 5.32 Å². The number of halogens is 2. The van der Waals surface area contributed by atoms with E-state index in [2.05, 4.69) is 25.2 Å². The average Bonchev–Trinajstić information content (AvgIpc) is 3.06. The maximum atomic E-state index is 13.3. The molecule has 0 radical (unpaired) electrons. The molecule has 2 nitrogen and oxygen atoms in total. The van der Waals surface area contributed by atoms with Gasteiger partial charge in [0.25, 0.3) is 0 Å². The summed E-state index contributed by atoms with van der Waals surface area (Å²) in [5.41, 5.74) is 2.42. The van der Waals surface area contributed by atoms with Crippen molar-refractivity contribution in [1.29, 1.82) is 0 Å². The quantitative estimate of drug-likeness (QED) is 0.877. The molecule has 1 saturated carbocycles. The highest BCUT2D eigenvalue weighted by Gasteiger charge is 2.62. The minimum Gasteiger partial charge on any atom is -0.326 e. The number of carbonyl (C=O) groups is 1. The fourth-order valence-electron chi connectivity index (χ4n) is 3.41. The van der Waals surface area contributed by atoms with Crippen molar-refractivity contribution in [1.82, 2.24) is 0 Å². The van der Waals surface area contributed by atoms with Crippen LogP contribution < -0.4 is 5.32 Å². The van der Waals surface area contributed by atoms with Gasteiger partial charge in [0.05, 0.1) is 5.92 Å². The SMILES string of the molecule is Cc1cccc([C@H]2[C@H](C(=O)Nc3ccc(F)c(F)c3)C2(C)C)c1. The van der Waals surface area contributed by atoms with E-state index in [1.165, 1.54) is 6.07 Å². The molecular weight excluding hydrogens is 296 g/mol. The van der Waals surface area contributed by atoms with Crippen molar-refractivity contribution in [3.05, 3.63) is 65.2 Å². The molecule has 3 rings (SSSR count). The normalized spacial score (nSPS) is 21.8. The van der Waals surface area contributed by atoms with E-state index in [1.807, 2.05) is 25.1 Å². The first-order chi connectivity index (χ1) is 10.8. The largest absolute Gasteiger partial charge is 0.326 e. The maximum Gasteiger partial charge on any atom is 0.228 e. The van der Waals surface area contributed by atoms with Crippen LogP contribution >= 0.6 is 0 Å². The molecule has 1 fully saturated rings. The van der Waals surface area contributed by atoms with Crippen LogP contribution in [-0.4, -0.2) is 5.91 Å². The predicted octanol–water partition coefficient (Wildman–Crippen LogP) is 4.65. The van der Waals surface area contributed by atoms with Gasteiger partial charge in [0.15, 0.2) is 11.6 Å². The molecule has 0 aliphatic heterocycles. The standard InChI is InChI=1S/C19H19F2NO/c1-11-5-4-6-12(9-11)16-17(19(16,2)3)18(23)22-13-7-8-14(20)15(21)10-13/h4-10,16-17H,1-3H3,(H,22,23)/t16-,17+/m0/s1. The maximum absolute atomic E-state index is 13.3. The van der Waals surface area contributed by atoms with Crippen molar-refractivity contribution < 1.29 is 13.6 Å². The summed E-state index contributed by atoms with van der Waals surface area (Å²) in [4.78, 5) is 12.5. The van der Waals surface area contributed by atoms with Crippen LogP contribution in [0, 0.1) is 29.9 Å². The minimum absolute atomic E-state index is 0.132. The van der Waals surface area contributed by atoms with Crippen molar-refractivity contribution in [3.63, 3.8) is 0 Å². The molecule has 0 saturated heterocycles. The summed E-state index contributed by atoms with van der Waals surface area (Å²) in [6.07, 6.45) is 0. The summed E-state index contributed by atoms with van der Waals surface area (Å²) in [6.45, 7) is 6.13. The molecule has 23 heavy (non-hydrogen) atoms. The van der Waals surface area contributed by atoms with Gasteiger partial charge in [-0.3, -0.25) is 4.79 Å². The molecule has 1 amide bonds. The Labute approximate surface area is 134 Å². The molecule has 2 aromatic carbocycles. The summed E-state index contributed by atoms with van der Waals surface area (Å²) < 4.78 is 26.2. The Morgan fingerprint density at radius 2 is 1.83 bits per heavy atom. The van der Waals surface area contributed by atoms with E-state index in [1.54, 1.807) is 0 Å². The third kappa shape index (κ3) is 2.85. The number of benzene rings is 2. The number of amides is 1. The summed E-state index contributed by atoms with van der Waals surface area (Å²) in [5, 5.41) is 2.70. The number of hydrogen-bond acceptors (Lipinski definition) is 1. The van der Waals surface area contributed by atoms with Gasteiger partial charge in [-0.1, -0.05) is 43.7 Å². The minimum atomic E-state index is -0.965. The van der Waals surface area contributed by atoms with Crippen LogP contribution in [0.5, 0.6) is 0 Å². The number of nitrogens with one attached hydrogen (secondary N) is 1. The van der Waals surface area contributed by atoms with E-state index in [4.69, 9.17) is 0 Å². The second-order valence-corrected chi connectivity index (χ2v) is 6.81.